The zero-order chi connectivity index (χ0) is 23.8. The lowest BCUT2D eigenvalue weighted by Crippen LogP contribution is -2.20. The molecule has 0 bridgehead atoms. The molecule has 0 unspecified atom stereocenters. The van der Waals surface area contributed by atoms with Crippen molar-refractivity contribution in [2.24, 2.45) is 5.10 Å². The Morgan fingerprint density at radius 1 is 1.03 bits per heavy atom. The number of hydrogen-bond donors (Lipinski definition) is 2. The summed E-state index contributed by atoms with van der Waals surface area (Å²) in [6.07, 6.45) is 1.51. The molecule has 3 rings (SSSR count). The molecule has 0 saturated carbocycles. The first-order chi connectivity index (χ1) is 15.9. The normalized spacial score (nSPS) is 10.7. The molecule has 0 saturated heterocycles. The molecule has 170 valence electrons. The number of halogens is 1. The van der Waals surface area contributed by atoms with Gasteiger partial charge in [0, 0.05) is 11.3 Å². The molecule has 0 radical (unpaired) electrons. The number of carbonyl (C=O) groups excluding carboxylic acids is 2. The topological polar surface area (TPSA) is 89.0 Å². The summed E-state index contributed by atoms with van der Waals surface area (Å²) in [7, 11) is 1.54. The van der Waals surface area contributed by atoms with Crippen molar-refractivity contribution in [1.29, 1.82) is 0 Å². The molecule has 0 aliphatic rings. The van der Waals surface area contributed by atoms with Crippen LogP contribution in [-0.2, 0) is 4.79 Å². The van der Waals surface area contributed by atoms with Crippen molar-refractivity contribution in [1.82, 2.24) is 5.43 Å². The van der Waals surface area contributed by atoms with Gasteiger partial charge in [-0.2, -0.15) is 5.10 Å². The molecule has 8 heteroatoms. The zero-order valence-electron chi connectivity index (χ0n) is 18.5. The number of aryl methyl sites for hydroxylation is 2. The molecule has 0 atom stereocenters. The number of hydrogen-bond acceptors (Lipinski definition) is 5. The maximum absolute atomic E-state index is 12.2. The van der Waals surface area contributed by atoms with Gasteiger partial charge in [-0.05, 0) is 95.0 Å². The van der Waals surface area contributed by atoms with Crippen LogP contribution in [0.4, 0.5) is 5.69 Å². The van der Waals surface area contributed by atoms with Crippen LogP contribution in [0.1, 0.15) is 27.0 Å². The summed E-state index contributed by atoms with van der Waals surface area (Å²) in [4.78, 5) is 24.4. The predicted octanol–water partition coefficient (Wildman–Crippen LogP) is 4.86. The Labute approximate surface area is 200 Å². The van der Waals surface area contributed by atoms with Crippen molar-refractivity contribution in [3.63, 3.8) is 0 Å². The van der Waals surface area contributed by atoms with Gasteiger partial charge in [0.15, 0.2) is 6.61 Å². The molecule has 0 aliphatic heterocycles. The van der Waals surface area contributed by atoms with E-state index in [0.717, 1.165) is 22.4 Å². The fourth-order valence-electron chi connectivity index (χ4n) is 2.87. The minimum absolute atomic E-state index is 0.129. The third-order valence-electron chi connectivity index (χ3n) is 4.82. The molecule has 3 aromatic rings. The van der Waals surface area contributed by atoms with Gasteiger partial charge in [0.05, 0.1) is 17.8 Å². The van der Waals surface area contributed by atoms with E-state index in [1.807, 2.05) is 32.0 Å². The van der Waals surface area contributed by atoms with E-state index >= 15 is 0 Å². The molecular weight excluding hydrogens is 486 g/mol. The summed E-state index contributed by atoms with van der Waals surface area (Å²) in [5.74, 6) is 0.506. The second-order valence-corrected chi connectivity index (χ2v) is 8.11. The average Bonchev–Trinajstić information content (AvgIpc) is 2.81. The monoisotopic (exact) mass is 509 g/mol. The molecule has 3 aromatic carbocycles. The predicted molar refractivity (Wildman–Crippen MR) is 132 cm³/mol. The maximum atomic E-state index is 12.2. The highest BCUT2D eigenvalue weighted by Gasteiger charge is 2.08. The van der Waals surface area contributed by atoms with Gasteiger partial charge >= 0.3 is 0 Å². The van der Waals surface area contributed by atoms with Gasteiger partial charge in [0.1, 0.15) is 11.5 Å². The molecule has 7 nitrogen and oxygen atoms in total. The van der Waals surface area contributed by atoms with Crippen LogP contribution in [0.3, 0.4) is 0 Å². The molecule has 0 fully saturated rings. The Kier molecular flexibility index (Phi) is 8.21. The van der Waals surface area contributed by atoms with Gasteiger partial charge < -0.3 is 14.8 Å². The molecule has 2 amide bonds. The number of amides is 2. The number of benzene rings is 3. The first-order valence-corrected chi connectivity index (χ1v) is 10.9. The van der Waals surface area contributed by atoms with Gasteiger partial charge in [-0.1, -0.05) is 12.1 Å². The van der Waals surface area contributed by atoms with Crippen molar-refractivity contribution >= 4 is 39.6 Å². The van der Waals surface area contributed by atoms with E-state index < -0.39 is 0 Å². The summed E-state index contributed by atoms with van der Waals surface area (Å²) < 4.78 is 11.4. The van der Waals surface area contributed by atoms with Crippen LogP contribution in [0.5, 0.6) is 11.5 Å². The van der Waals surface area contributed by atoms with Crippen LogP contribution >= 0.6 is 15.9 Å². The number of nitrogens with zero attached hydrogens (tertiary/aromatic N) is 1. The van der Waals surface area contributed by atoms with Crippen molar-refractivity contribution in [2.45, 2.75) is 13.8 Å². The number of carbonyl (C=O) groups is 2. The zero-order valence-corrected chi connectivity index (χ0v) is 20.1. The first kappa shape index (κ1) is 24.0. The van der Waals surface area contributed by atoms with Gasteiger partial charge in [0.25, 0.3) is 11.8 Å². The summed E-state index contributed by atoms with van der Waals surface area (Å²) in [6, 6.07) is 17.8. The second-order valence-electron chi connectivity index (χ2n) is 7.26. The highest BCUT2D eigenvalue weighted by Crippen LogP contribution is 2.25. The Morgan fingerprint density at radius 3 is 2.58 bits per heavy atom. The number of anilines is 1. The van der Waals surface area contributed by atoms with Crippen LogP contribution < -0.4 is 20.2 Å². The Morgan fingerprint density at radius 2 is 1.85 bits per heavy atom. The van der Waals surface area contributed by atoms with Gasteiger partial charge in [0.2, 0.25) is 0 Å². The summed E-state index contributed by atoms with van der Waals surface area (Å²) in [5, 5.41) is 6.81. The number of hydrazone groups is 1. The van der Waals surface area contributed by atoms with Crippen molar-refractivity contribution in [3.8, 4) is 11.5 Å². The summed E-state index contributed by atoms with van der Waals surface area (Å²) in [5.41, 5.74) is 6.65. The van der Waals surface area contributed by atoms with E-state index in [9.17, 15) is 9.59 Å². The molecule has 33 heavy (non-hydrogen) atoms. The summed E-state index contributed by atoms with van der Waals surface area (Å²) in [6.45, 7) is 3.88. The highest BCUT2D eigenvalue weighted by molar-refractivity contribution is 9.10. The van der Waals surface area contributed by atoms with E-state index in [-0.39, 0.29) is 18.4 Å². The minimum atomic E-state index is -0.348. The largest absolute Gasteiger partial charge is 0.497 e. The van der Waals surface area contributed by atoms with Crippen LogP contribution in [0.2, 0.25) is 0 Å². The fraction of sp³-hybridized carbons (Fsp3) is 0.160. The fourth-order valence-corrected chi connectivity index (χ4v) is 3.38. The lowest BCUT2D eigenvalue weighted by molar-refractivity contribution is -0.118. The SMILES string of the molecule is COc1cccc(C(=O)N/N=C/c2ccc(OCC(=O)Nc3ccc(C)c(C)c3)c(Br)c2)c1. The van der Waals surface area contributed by atoms with Gasteiger partial charge in [-0.3, -0.25) is 9.59 Å². The minimum Gasteiger partial charge on any atom is -0.497 e. The molecule has 0 aromatic heterocycles. The lowest BCUT2D eigenvalue weighted by atomic mass is 10.1. The van der Waals surface area contributed by atoms with Gasteiger partial charge in [-0.25, -0.2) is 5.43 Å². The Hall–Kier alpha value is -3.65. The Bertz CT molecular complexity index is 1190. The number of nitrogens with one attached hydrogen (secondary N) is 2. The Balaban J connectivity index is 1.53. The second kappa shape index (κ2) is 11.3. The van der Waals surface area contributed by atoms with Crippen LogP contribution in [0.25, 0.3) is 0 Å². The lowest BCUT2D eigenvalue weighted by Gasteiger charge is -2.10. The highest BCUT2D eigenvalue weighted by atomic mass is 79.9. The van der Waals surface area contributed by atoms with Gasteiger partial charge in [-0.15, -0.1) is 0 Å². The van der Waals surface area contributed by atoms with E-state index in [4.69, 9.17) is 9.47 Å². The van der Waals surface area contributed by atoms with Crippen LogP contribution in [0.15, 0.2) is 70.2 Å². The van der Waals surface area contributed by atoms with Crippen LogP contribution in [0, 0.1) is 13.8 Å². The standard InChI is InChI=1S/C25H24BrN3O4/c1-16-7-9-20(11-17(16)2)28-24(30)15-33-23-10-8-18(12-22(23)26)14-27-29-25(31)19-5-4-6-21(13-19)32-3/h4-14H,15H2,1-3H3,(H,28,30)(H,29,31)/b27-14+. The number of rotatable bonds is 8. The van der Waals surface area contributed by atoms with E-state index in [0.29, 0.717) is 21.5 Å². The van der Waals surface area contributed by atoms with E-state index in [1.165, 1.54) is 13.3 Å². The molecule has 0 heterocycles. The molecule has 2 N–H and O–H groups in total. The summed E-state index contributed by atoms with van der Waals surface area (Å²) >= 11 is 3.44. The van der Waals surface area contributed by atoms with E-state index in [2.05, 4.69) is 31.8 Å². The third-order valence-corrected chi connectivity index (χ3v) is 5.44. The smallest absolute Gasteiger partial charge is 0.271 e. The van der Waals surface area contributed by atoms with Crippen molar-refractivity contribution in [2.75, 3.05) is 19.0 Å². The number of methoxy groups -OCH3 is 1. The number of ether oxygens (including phenoxy) is 2. The van der Waals surface area contributed by atoms with Crippen molar-refractivity contribution in [3.05, 3.63) is 87.4 Å². The molecular formula is C25H24BrN3O4. The molecule has 0 spiro atoms. The van der Waals surface area contributed by atoms with E-state index in [1.54, 1.807) is 42.5 Å². The third kappa shape index (κ3) is 6.92. The van der Waals surface area contributed by atoms with Crippen LogP contribution in [-0.4, -0.2) is 31.7 Å². The maximum Gasteiger partial charge on any atom is 0.271 e. The first-order valence-electron chi connectivity index (χ1n) is 10.1. The molecule has 0 aliphatic carbocycles. The van der Waals surface area contributed by atoms with Crippen molar-refractivity contribution < 1.29 is 19.1 Å². The quantitative estimate of drug-likeness (QED) is 0.335. The average molecular weight is 510 g/mol.